The highest BCUT2D eigenvalue weighted by Gasteiger charge is 2.34. The summed E-state index contributed by atoms with van der Waals surface area (Å²) in [7, 11) is 0. The Balaban J connectivity index is 1.88. The van der Waals surface area contributed by atoms with Gasteiger partial charge in [0.15, 0.2) is 0 Å². The Hall–Kier alpha value is -1.13. The lowest BCUT2D eigenvalue weighted by Gasteiger charge is -2.43. The van der Waals surface area contributed by atoms with Gasteiger partial charge in [0.05, 0.1) is 0 Å². The predicted octanol–water partition coefficient (Wildman–Crippen LogP) is 2.28. The quantitative estimate of drug-likeness (QED) is 0.879. The lowest BCUT2D eigenvalue weighted by Crippen LogP contribution is -2.48. The van der Waals surface area contributed by atoms with E-state index in [1.54, 1.807) is 12.1 Å². The highest BCUT2D eigenvalue weighted by molar-refractivity contribution is 5.30. The molecule has 3 rings (SSSR count). The summed E-state index contributed by atoms with van der Waals surface area (Å²) in [6, 6.07) is 4.78. The van der Waals surface area contributed by atoms with Crippen molar-refractivity contribution in [3.63, 3.8) is 0 Å². The number of nitrogens with one attached hydrogen (secondary N) is 1. The smallest absolute Gasteiger partial charge is 0.131 e. The third-order valence-corrected chi connectivity index (χ3v) is 4.44. The molecule has 1 aromatic rings. The molecule has 1 aliphatic heterocycles. The second-order valence-corrected chi connectivity index (χ2v) is 5.63. The Labute approximate surface area is 113 Å². The Kier molecular flexibility index (Phi) is 3.71. The maximum absolute atomic E-state index is 14.2. The number of phenolic OH excluding ortho intramolecular Hbond substituents is 1. The number of nitrogens with zero attached hydrogens (tertiary/aromatic N) is 1. The van der Waals surface area contributed by atoms with E-state index in [1.165, 1.54) is 25.3 Å². The lowest BCUT2D eigenvalue weighted by atomic mass is 9.76. The van der Waals surface area contributed by atoms with Gasteiger partial charge >= 0.3 is 0 Å². The number of halogens is 1. The van der Waals surface area contributed by atoms with E-state index >= 15 is 0 Å². The normalized spacial score (nSPS) is 23.0. The van der Waals surface area contributed by atoms with E-state index in [2.05, 4.69) is 10.2 Å². The van der Waals surface area contributed by atoms with E-state index in [1.807, 2.05) is 0 Å². The molecule has 0 bridgehead atoms. The molecule has 0 aromatic heterocycles. The van der Waals surface area contributed by atoms with Crippen molar-refractivity contribution in [3.8, 4) is 5.75 Å². The third kappa shape index (κ3) is 2.60. The number of hydrogen-bond acceptors (Lipinski definition) is 3. The zero-order valence-corrected chi connectivity index (χ0v) is 11.1. The number of benzene rings is 1. The molecule has 1 saturated heterocycles. The fourth-order valence-corrected chi connectivity index (χ4v) is 3.22. The number of aromatic hydroxyl groups is 1. The Bertz CT molecular complexity index is 442. The first-order valence-electron chi connectivity index (χ1n) is 7.19. The molecule has 2 aliphatic rings. The van der Waals surface area contributed by atoms with Gasteiger partial charge in [-0.05, 0) is 24.8 Å². The number of piperazine rings is 1. The molecule has 1 heterocycles. The van der Waals surface area contributed by atoms with Gasteiger partial charge in [-0.2, -0.15) is 0 Å². The summed E-state index contributed by atoms with van der Waals surface area (Å²) in [5, 5.41) is 12.7. The maximum atomic E-state index is 14.2. The van der Waals surface area contributed by atoms with Crippen LogP contribution in [0.2, 0.25) is 0 Å². The van der Waals surface area contributed by atoms with Crippen molar-refractivity contribution < 1.29 is 9.50 Å². The molecule has 3 nitrogen and oxygen atoms in total. The standard InChI is InChI=1S/C15H21FN2O/c16-14-10-12(19)4-5-13(14)15(11-2-1-3-11)18-8-6-17-7-9-18/h4-5,10-11,15,17,19H,1-3,6-9H2/t15-/m1/s1. The molecule has 1 saturated carbocycles. The summed E-state index contributed by atoms with van der Waals surface area (Å²) in [6.45, 7) is 3.90. The summed E-state index contributed by atoms with van der Waals surface area (Å²) >= 11 is 0. The molecule has 0 radical (unpaired) electrons. The molecule has 19 heavy (non-hydrogen) atoms. The monoisotopic (exact) mass is 264 g/mol. The Morgan fingerprint density at radius 2 is 2.00 bits per heavy atom. The van der Waals surface area contributed by atoms with Gasteiger partial charge in [-0.1, -0.05) is 12.5 Å². The number of hydrogen-bond donors (Lipinski definition) is 2. The zero-order valence-electron chi connectivity index (χ0n) is 11.1. The van der Waals surface area contributed by atoms with Crippen molar-refractivity contribution in [2.24, 2.45) is 5.92 Å². The largest absolute Gasteiger partial charge is 0.508 e. The maximum Gasteiger partial charge on any atom is 0.131 e. The zero-order chi connectivity index (χ0) is 13.2. The van der Waals surface area contributed by atoms with Gasteiger partial charge in [-0.3, -0.25) is 4.90 Å². The van der Waals surface area contributed by atoms with Crippen molar-refractivity contribution in [1.29, 1.82) is 0 Å². The Morgan fingerprint density at radius 1 is 1.26 bits per heavy atom. The van der Waals surface area contributed by atoms with Crippen molar-refractivity contribution in [2.75, 3.05) is 26.2 Å². The average molecular weight is 264 g/mol. The van der Waals surface area contributed by atoms with Crippen LogP contribution in [0.4, 0.5) is 4.39 Å². The molecular formula is C15H21FN2O. The van der Waals surface area contributed by atoms with E-state index in [4.69, 9.17) is 0 Å². The molecule has 2 N–H and O–H groups in total. The fourth-order valence-electron chi connectivity index (χ4n) is 3.22. The number of phenols is 1. The molecule has 104 valence electrons. The van der Waals surface area contributed by atoms with E-state index in [-0.39, 0.29) is 17.6 Å². The van der Waals surface area contributed by atoms with Gasteiger partial charge in [0, 0.05) is 43.9 Å². The first-order valence-corrected chi connectivity index (χ1v) is 7.19. The second kappa shape index (κ2) is 5.47. The van der Waals surface area contributed by atoms with Crippen LogP contribution in [0.25, 0.3) is 0 Å². The minimum absolute atomic E-state index is 0.00826. The van der Waals surface area contributed by atoms with Crippen LogP contribution in [-0.4, -0.2) is 36.2 Å². The lowest BCUT2D eigenvalue weighted by molar-refractivity contribution is 0.0811. The Morgan fingerprint density at radius 3 is 2.58 bits per heavy atom. The molecule has 1 aromatic carbocycles. The number of rotatable bonds is 3. The van der Waals surface area contributed by atoms with Crippen LogP contribution in [0.15, 0.2) is 18.2 Å². The summed E-state index contributed by atoms with van der Waals surface area (Å²) in [4.78, 5) is 2.40. The van der Waals surface area contributed by atoms with Crippen LogP contribution < -0.4 is 5.32 Å². The predicted molar refractivity (Wildman–Crippen MR) is 72.6 cm³/mol. The van der Waals surface area contributed by atoms with Crippen molar-refractivity contribution >= 4 is 0 Å². The molecule has 0 spiro atoms. The first kappa shape index (κ1) is 12.9. The summed E-state index contributed by atoms with van der Waals surface area (Å²) in [5.74, 6) is 0.307. The molecule has 0 amide bonds. The minimum Gasteiger partial charge on any atom is -0.508 e. The topological polar surface area (TPSA) is 35.5 Å². The van der Waals surface area contributed by atoms with Crippen molar-refractivity contribution in [1.82, 2.24) is 10.2 Å². The van der Waals surface area contributed by atoms with Gasteiger partial charge < -0.3 is 10.4 Å². The van der Waals surface area contributed by atoms with Crippen LogP contribution in [0.1, 0.15) is 30.9 Å². The van der Waals surface area contributed by atoms with Crippen LogP contribution in [0.3, 0.4) is 0 Å². The van der Waals surface area contributed by atoms with E-state index in [0.29, 0.717) is 5.92 Å². The van der Waals surface area contributed by atoms with E-state index in [0.717, 1.165) is 31.7 Å². The van der Waals surface area contributed by atoms with Crippen molar-refractivity contribution in [3.05, 3.63) is 29.6 Å². The fraction of sp³-hybridized carbons (Fsp3) is 0.600. The molecular weight excluding hydrogens is 243 g/mol. The van der Waals surface area contributed by atoms with Crippen molar-refractivity contribution in [2.45, 2.75) is 25.3 Å². The SMILES string of the molecule is Oc1ccc([C@@H](C2CCC2)N2CCNCC2)c(F)c1. The van der Waals surface area contributed by atoms with Crippen LogP contribution in [0, 0.1) is 11.7 Å². The van der Waals surface area contributed by atoms with Gasteiger partial charge in [0.25, 0.3) is 0 Å². The highest BCUT2D eigenvalue weighted by atomic mass is 19.1. The van der Waals surface area contributed by atoms with Crippen LogP contribution in [0.5, 0.6) is 5.75 Å². The summed E-state index contributed by atoms with van der Waals surface area (Å²) < 4.78 is 14.2. The van der Waals surface area contributed by atoms with E-state index < -0.39 is 0 Å². The molecule has 2 fully saturated rings. The second-order valence-electron chi connectivity index (χ2n) is 5.63. The van der Waals surface area contributed by atoms with Gasteiger partial charge in [0.2, 0.25) is 0 Å². The minimum atomic E-state index is -0.268. The van der Waals surface area contributed by atoms with Crippen LogP contribution in [-0.2, 0) is 0 Å². The molecule has 0 unspecified atom stereocenters. The third-order valence-electron chi connectivity index (χ3n) is 4.44. The van der Waals surface area contributed by atoms with E-state index in [9.17, 15) is 9.50 Å². The first-order chi connectivity index (χ1) is 9.25. The highest BCUT2D eigenvalue weighted by Crippen LogP contribution is 2.42. The summed E-state index contributed by atoms with van der Waals surface area (Å²) in [5.41, 5.74) is 0.754. The van der Waals surface area contributed by atoms with Gasteiger partial charge in [0.1, 0.15) is 11.6 Å². The van der Waals surface area contributed by atoms with Crippen LogP contribution >= 0.6 is 0 Å². The molecule has 1 atom stereocenters. The average Bonchev–Trinajstić information content (AvgIpc) is 2.35. The molecule has 1 aliphatic carbocycles. The van der Waals surface area contributed by atoms with Gasteiger partial charge in [-0.25, -0.2) is 4.39 Å². The van der Waals surface area contributed by atoms with Gasteiger partial charge in [-0.15, -0.1) is 0 Å². The summed E-state index contributed by atoms with van der Waals surface area (Å²) in [6.07, 6.45) is 3.64. The molecule has 4 heteroatoms.